The number of ether oxygens (including phenoxy) is 1. The SMILES string of the molecule is CCOc1ccccc1CNS(=O)(=O)c1nnn(C)n1. The molecule has 0 unspecified atom stereocenters. The van der Waals surface area contributed by atoms with Gasteiger partial charge in [0.1, 0.15) is 5.75 Å². The average molecular weight is 297 g/mol. The molecule has 0 aliphatic heterocycles. The van der Waals surface area contributed by atoms with Crippen molar-refractivity contribution in [3.8, 4) is 5.75 Å². The third-order valence-corrected chi connectivity index (χ3v) is 3.62. The molecule has 1 aromatic heterocycles. The highest BCUT2D eigenvalue weighted by Gasteiger charge is 2.20. The van der Waals surface area contributed by atoms with Gasteiger partial charge in [0.15, 0.2) is 0 Å². The van der Waals surface area contributed by atoms with Crippen LogP contribution in [0.3, 0.4) is 0 Å². The molecule has 0 aliphatic rings. The number of benzene rings is 1. The molecule has 0 saturated carbocycles. The minimum absolute atomic E-state index is 0.0940. The van der Waals surface area contributed by atoms with Crippen LogP contribution in [0.15, 0.2) is 29.4 Å². The van der Waals surface area contributed by atoms with Crippen LogP contribution in [0.25, 0.3) is 0 Å². The molecule has 1 aromatic carbocycles. The molecule has 2 aromatic rings. The second-order valence-electron chi connectivity index (χ2n) is 3.93. The molecule has 0 fully saturated rings. The van der Waals surface area contributed by atoms with E-state index in [1.807, 2.05) is 19.1 Å². The van der Waals surface area contributed by atoms with E-state index in [0.717, 1.165) is 10.4 Å². The largest absolute Gasteiger partial charge is 0.494 e. The second kappa shape index (κ2) is 5.97. The lowest BCUT2D eigenvalue weighted by Gasteiger charge is -2.10. The summed E-state index contributed by atoms with van der Waals surface area (Å²) in [7, 11) is -2.28. The quantitative estimate of drug-likeness (QED) is 0.811. The molecule has 20 heavy (non-hydrogen) atoms. The first-order valence-corrected chi connectivity index (χ1v) is 7.45. The minimum Gasteiger partial charge on any atom is -0.494 e. The maximum atomic E-state index is 12.0. The Morgan fingerprint density at radius 3 is 2.75 bits per heavy atom. The topological polar surface area (TPSA) is 99.0 Å². The van der Waals surface area contributed by atoms with Crippen LogP contribution in [0, 0.1) is 0 Å². The summed E-state index contributed by atoms with van der Waals surface area (Å²) in [5, 5.41) is 10.3. The zero-order valence-electron chi connectivity index (χ0n) is 11.1. The van der Waals surface area contributed by atoms with Gasteiger partial charge in [0.2, 0.25) is 0 Å². The van der Waals surface area contributed by atoms with Crippen molar-refractivity contribution in [3.63, 3.8) is 0 Å². The first-order valence-electron chi connectivity index (χ1n) is 5.97. The van der Waals surface area contributed by atoms with Gasteiger partial charge in [0.25, 0.3) is 10.0 Å². The van der Waals surface area contributed by atoms with Crippen LogP contribution >= 0.6 is 0 Å². The fraction of sp³-hybridized carbons (Fsp3) is 0.364. The van der Waals surface area contributed by atoms with Crippen LogP contribution in [0.4, 0.5) is 0 Å². The summed E-state index contributed by atoms with van der Waals surface area (Å²) in [5.41, 5.74) is 0.738. The summed E-state index contributed by atoms with van der Waals surface area (Å²) >= 11 is 0. The monoisotopic (exact) mass is 297 g/mol. The molecule has 2 rings (SSSR count). The molecule has 9 heteroatoms. The Hall–Kier alpha value is -2.00. The summed E-state index contributed by atoms with van der Waals surface area (Å²) in [6.07, 6.45) is 0. The van der Waals surface area contributed by atoms with Crippen LogP contribution in [-0.4, -0.2) is 35.2 Å². The van der Waals surface area contributed by atoms with Crippen molar-refractivity contribution in [1.82, 2.24) is 24.9 Å². The summed E-state index contributed by atoms with van der Waals surface area (Å²) in [5.74, 6) is 0.643. The lowest BCUT2D eigenvalue weighted by atomic mass is 10.2. The summed E-state index contributed by atoms with van der Waals surface area (Å²) < 4.78 is 31.8. The number of tetrazole rings is 1. The Labute approximate surface area is 116 Å². The smallest absolute Gasteiger partial charge is 0.303 e. The van der Waals surface area contributed by atoms with Crippen molar-refractivity contribution in [2.75, 3.05) is 6.61 Å². The van der Waals surface area contributed by atoms with E-state index in [9.17, 15) is 8.42 Å². The first kappa shape index (κ1) is 14.4. The molecular weight excluding hydrogens is 282 g/mol. The van der Waals surface area contributed by atoms with E-state index in [2.05, 4.69) is 20.1 Å². The van der Waals surface area contributed by atoms with Crippen molar-refractivity contribution in [1.29, 1.82) is 0 Å². The van der Waals surface area contributed by atoms with E-state index < -0.39 is 10.0 Å². The van der Waals surface area contributed by atoms with Gasteiger partial charge in [0, 0.05) is 12.1 Å². The van der Waals surface area contributed by atoms with E-state index >= 15 is 0 Å². The Balaban J connectivity index is 2.12. The average Bonchev–Trinajstić information content (AvgIpc) is 2.86. The maximum Gasteiger partial charge on any atom is 0.303 e. The first-order chi connectivity index (χ1) is 9.53. The molecule has 0 radical (unpaired) electrons. The van der Waals surface area contributed by atoms with E-state index in [0.29, 0.717) is 12.4 Å². The van der Waals surface area contributed by atoms with Gasteiger partial charge in [-0.3, -0.25) is 0 Å². The summed E-state index contributed by atoms with van der Waals surface area (Å²) in [4.78, 5) is 1.09. The number of aromatic nitrogens is 4. The Morgan fingerprint density at radius 2 is 2.10 bits per heavy atom. The number of nitrogens with zero attached hydrogens (tertiary/aromatic N) is 4. The number of hydrogen-bond acceptors (Lipinski definition) is 6. The Kier molecular flexibility index (Phi) is 4.30. The van der Waals surface area contributed by atoms with Crippen LogP contribution in [0.2, 0.25) is 0 Å². The second-order valence-corrected chi connectivity index (χ2v) is 5.59. The molecule has 1 heterocycles. The number of hydrogen-bond donors (Lipinski definition) is 1. The number of aryl methyl sites for hydroxylation is 1. The molecule has 0 bridgehead atoms. The third-order valence-electron chi connectivity index (χ3n) is 2.46. The van der Waals surface area contributed by atoms with E-state index in [4.69, 9.17) is 4.74 Å². The molecule has 8 nitrogen and oxygen atoms in total. The van der Waals surface area contributed by atoms with Crippen LogP contribution in [0.1, 0.15) is 12.5 Å². The lowest BCUT2D eigenvalue weighted by molar-refractivity contribution is 0.336. The van der Waals surface area contributed by atoms with Gasteiger partial charge in [0.05, 0.1) is 13.7 Å². The molecule has 108 valence electrons. The molecule has 0 spiro atoms. The number of sulfonamides is 1. The van der Waals surface area contributed by atoms with Gasteiger partial charge < -0.3 is 4.74 Å². The van der Waals surface area contributed by atoms with Crippen molar-refractivity contribution in [2.45, 2.75) is 18.6 Å². The highest BCUT2D eigenvalue weighted by Crippen LogP contribution is 2.18. The van der Waals surface area contributed by atoms with Gasteiger partial charge in [-0.25, -0.2) is 13.1 Å². The molecular formula is C11H15N5O3S. The van der Waals surface area contributed by atoms with E-state index in [-0.39, 0.29) is 11.7 Å². The van der Waals surface area contributed by atoms with Crippen molar-refractivity contribution in [2.24, 2.45) is 7.05 Å². The van der Waals surface area contributed by atoms with Gasteiger partial charge in [-0.2, -0.15) is 4.80 Å². The lowest BCUT2D eigenvalue weighted by Crippen LogP contribution is -2.24. The third kappa shape index (κ3) is 3.31. The minimum atomic E-state index is -3.78. The van der Waals surface area contributed by atoms with Gasteiger partial charge in [-0.1, -0.05) is 23.3 Å². The molecule has 0 atom stereocenters. The fourth-order valence-electron chi connectivity index (χ4n) is 1.56. The Bertz CT molecular complexity index is 683. The number of nitrogens with one attached hydrogen (secondary N) is 1. The zero-order chi connectivity index (χ0) is 14.6. The molecule has 0 aliphatic carbocycles. The Morgan fingerprint density at radius 1 is 1.35 bits per heavy atom. The molecule has 0 amide bonds. The zero-order valence-corrected chi connectivity index (χ0v) is 12.0. The van der Waals surface area contributed by atoms with Crippen molar-refractivity contribution < 1.29 is 13.2 Å². The highest BCUT2D eigenvalue weighted by atomic mass is 32.2. The normalized spacial score (nSPS) is 11.5. The van der Waals surface area contributed by atoms with Gasteiger partial charge >= 0.3 is 5.16 Å². The predicted octanol–water partition coefficient (Wildman–Crippen LogP) is 0.0873. The van der Waals surface area contributed by atoms with Crippen LogP contribution in [-0.2, 0) is 23.6 Å². The van der Waals surface area contributed by atoms with Crippen LogP contribution < -0.4 is 9.46 Å². The predicted molar refractivity (Wildman–Crippen MR) is 70.4 cm³/mol. The maximum absolute atomic E-state index is 12.0. The highest BCUT2D eigenvalue weighted by molar-refractivity contribution is 7.89. The van der Waals surface area contributed by atoms with E-state index in [1.54, 1.807) is 12.1 Å². The number of rotatable bonds is 6. The molecule has 0 saturated heterocycles. The molecule has 1 N–H and O–H groups in total. The summed E-state index contributed by atoms with van der Waals surface area (Å²) in [6.45, 7) is 2.47. The van der Waals surface area contributed by atoms with Crippen molar-refractivity contribution >= 4 is 10.0 Å². The summed E-state index contributed by atoms with van der Waals surface area (Å²) in [6, 6.07) is 7.21. The standard InChI is InChI=1S/C11H15N5O3S/c1-3-19-10-7-5-4-6-9(10)8-12-20(17,18)11-13-15-16(2)14-11/h4-7,12H,3,8H2,1-2H3. The van der Waals surface area contributed by atoms with Gasteiger partial charge in [-0.15, -0.1) is 5.10 Å². The van der Waals surface area contributed by atoms with E-state index in [1.165, 1.54) is 7.05 Å². The fourth-order valence-corrected chi connectivity index (χ4v) is 2.40. The van der Waals surface area contributed by atoms with Crippen LogP contribution in [0.5, 0.6) is 5.75 Å². The van der Waals surface area contributed by atoms with Gasteiger partial charge in [-0.05, 0) is 18.2 Å². The number of para-hydroxylation sites is 1. The van der Waals surface area contributed by atoms with Crippen molar-refractivity contribution in [3.05, 3.63) is 29.8 Å².